The van der Waals surface area contributed by atoms with Gasteiger partial charge in [0.25, 0.3) is 5.69 Å². The highest BCUT2D eigenvalue weighted by Gasteiger charge is 2.16. The van der Waals surface area contributed by atoms with E-state index in [-0.39, 0.29) is 21.3 Å². The molecule has 0 heterocycles. The number of benzene rings is 1. The van der Waals surface area contributed by atoms with Crippen LogP contribution in [0.2, 0.25) is 10.0 Å². The summed E-state index contributed by atoms with van der Waals surface area (Å²) >= 11 is 11.2. The average Bonchev–Trinajstić information content (AvgIpc) is 2.09. The zero-order valence-corrected chi connectivity index (χ0v) is 8.71. The summed E-state index contributed by atoms with van der Waals surface area (Å²) in [5.74, 6) is -1.42. The number of nitrogens with zero attached hydrogens (tertiary/aromatic N) is 1. The summed E-state index contributed by atoms with van der Waals surface area (Å²) < 4.78 is 0. The van der Waals surface area contributed by atoms with E-state index in [1.54, 1.807) is 0 Å². The molecule has 0 aliphatic carbocycles. The van der Waals surface area contributed by atoms with Gasteiger partial charge in [-0.3, -0.25) is 10.1 Å². The van der Waals surface area contributed by atoms with Gasteiger partial charge in [-0.05, 0) is 6.07 Å². The van der Waals surface area contributed by atoms with Crippen molar-refractivity contribution in [3.63, 3.8) is 0 Å². The number of aliphatic carboxylic acids is 1. The summed E-state index contributed by atoms with van der Waals surface area (Å²) in [5, 5.41) is 21.0. The summed E-state index contributed by atoms with van der Waals surface area (Å²) in [7, 11) is 0. The Kier molecular flexibility index (Phi) is 3.49. The molecule has 1 aromatic carbocycles. The summed E-state index contributed by atoms with van der Waals surface area (Å²) in [5.41, 5.74) is -0.414. The van der Waals surface area contributed by atoms with Crippen molar-refractivity contribution in [2.24, 2.45) is 0 Å². The maximum Gasteiger partial charge on any atom is 0.274 e. The zero-order valence-electron chi connectivity index (χ0n) is 7.20. The van der Waals surface area contributed by atoms with E-state index in [0.29, 0.717) is 0 Å². The summed E-state index contributed by atoms with van der Waals surface area (Å²) in [6, 6.07) is 2.17. The lowest BCUT2D eigenvalue weighted by Gasteiger charge is -2.05. The second-order valence-electron chi connectivity index (χ2n) is 2.70. The van der Waals surface area contributed by atoms with Crippen LogP contribution in [0.25, 0.3) is 0 Å². The van der Waals surface area contributed by atoms with Crippen molar-refractivity contribution < 1.29 is 14.8 Å². The number of hydrogen-bond donors (Lipinski definition) is 0. The van der Waals surface area contributed by atoms with Gasteiger partial charge in [0, 0.05) is 24.0 Å². The molecule has 0 saturated carbocycles. The molecule has 0 radical (unpaired) electrons. The largest absolute Gasteiger partial charge is 0.550 e. The first kappa shape index (κ1) is 11.7. The van der Waals surface area contributed by atoms with Crippen LogP contribution in [0, 0.1) is 10.1 Å². The minimum Gasteiger partial charge on any atom is -0.550 e. The van der Waals surface area contributed by atoms with Crippen molar-refractivity contribution in [1.29, 1.82) is 0 Å². The first-order valence-corrected chi connectivity index (χ1v) is 4.49. The summed E-state index contributed by atoms with van der Waals surface area (Å²) in [6.07, 6.45) is -0.576. The maximum absolute atomic E-state index is 10.6. The molecule has 0 aliphatic rings. The van der Waals surface area contributed by atoms with Crippen LogP contribution in [0.3, 0.4) is 0 Å². The Balaban J connectivity index is 3.28. The number of carboxylic acids is 1. The van der Waals surface area contributed by atoms with E-state index in [2.05, 4.69) is 0 Å². The van der Waals surface area contributed by atoms with E-state index < -0.39 is 17.3 Å². The molecule has 1 aromatic rings. The first-order valence-electron chi connectivity index (χ1n) is 3.74. The Morgan fingerprint density at radius 2 is 1.87 bits per heavy atom. The molecular formula is C8H4Cl2NO4-. The maximum atomic E-state index is 10.6. The van der Waals surface area contributed by atoms with Crippen molar-refractivity contribution in [3.8, 4) is 0 Å². The third-order valence-electron chi connectivity index (χ3n) is 1.65. The quantitative estimate of drug-likeness (QED) is 0.595. The Morgan fingerprint density at radius 3 is 2.33 bits per heavy atom. The van der Waals surface area contributed by atoms with E-state index in [1.165, 1.54) is 0 Å². The van der Waals surface area contributed by atoms with Crippen molar-refractivity contribution in [2.75, 3.05) is 0 Å². The van der Waals surface area contributed by atoms with Gasteiger partial charge in [-0.2, -0.15) is 0 Å². The molecule has 0 aromatic heterocycles. The standard InChI is InChI=1S/C8H5Cl2NO4/c9-5-1-4(2-8(12)13)7(11(14)15)3-6(5)10/h1,3H,2H2,(H,12,13)/p-1. The molecule has 80 valence electrons. The number of carboxylic acid groups (broad SMARTS) is 1. The monoisotopic (exact) mass is 248 g/mol. The van der Waals surface area contributed by atoms with Gasteiger partial charge in [-0.15, -0.1) is 0 Å². The van der Waals surface area contributed by atoms with Gasteiger partial charge in [0.2, 0.25) is 0 Å². The lowest BCUT2D eigenvalue weighted by Crippen LogP contribution is -2.24. The van der Waals surface area contributed by atoms with Gasteiger partial charge in [0.05, 0.1) is 15.0 Å². The van der Waals surface area contributed by atoms with Gasteiger partial charge >= 0.3 is 0 Å². The SMILES string of the molecule is O=C([O-])Cc1cc(Cl)c(Cl)cc1[N+](=O)[O-]. The van der Waals surface area contributed by atoms with Crippen LogP contribution in [0.4, 0.5) is 5.69 Å². The number of hydrogen-bond acceptors (Lipinski definition) is 4. The molecule has 15 heavy (non-hydrogen) atoms. The second kappa shape index (κ2) is 4.46. The molecule has 0 atom stereocenters. The summed E-state index contributed by atoms with van der Waals surface area (Å²) in [4.78, 5) is 20.2. The van der Waals surface area contributed by atoms with E-state index in [4.69, 9.17) is 23.2 Å². The third-order valence-corrected chi connectivity index (χ3v) is 2.38. The van der Waals surface area contributed by atoms with Crippen LogP contribution in [0.1, 0.15) is 5.56 Å². The zero-order chi connectivity index (χ0) is 11.6. The normalized spacial score (nSPS) is 10.0. The van der Waals surface area contributed by atoms with E-state index in [1.807, 2.05) is 0 Å². The number of nitro benzene ring substituents is 1. The van der Waals surface area contributed by atoms with Crippen molar-refractivity contribution in [3.05, 3.63) is 37.9 Å². The fourth-order valence-electron chi connectivity index (χ4n) is 1.04. The van der Waals surface area contributed by atoms with Gasteiger partial charge in [-0.25, -0.2) is 0 Å². The topological polar surface area (TPSA) is 83.3 Å². The lowest BCUT2D eigenvalue weighted by atomic mass is 10.1. The summed E-state index contributed by atoms with van der Waals surface area (Å²) in [6.45, 7) is 0. The molecular weight excluding hydrogens is 245 g/mol. The third kappa shape index (κ3) is 2.81. The number of rotatable bonds is 3. The van der Waals surface area contributed by atoms with Crippen molar-refractivity contribution in [1.82, 2.24) is 0 Å². The highest BCUT2D eigenvalue weighted by molar-refractivity contribution is 6.42. The van der Waals surface area contributed by atoms with Gasteiger partial charge in [0.15, 0.2) is 0 Å². The fraction of sp³-hybridized carbons (Fsp3) is 0.125. The Bertz CT molecular complexity index is 433. The van der Waals surface area contributed by atoms with Crippen LogP contribution in [0.15, 0.2) is 12.1 Å². The van der Waals surface area contributed by atoms with Gasteiger partial charge in [0.1, 0.15) is 0 Å². The molecule has 0 unspecified atom stereocenters. The number of nitro groups is 1. The second-order valence-corrected chi connectivity index (χ2v) is 3.52. The molecule has 0 bridgehead atoms. The Labute approximate surface area is 94.4 Å². The number of carbonyl (C=O) groups is 1. The van der Waals surface area contributed by atoms with Crippen molar-refractivity contribution >= 4 is 34.9 Å². The molecule has 7 heteroatoms. The minimum atomic E-state index is -1.42. The van der Waals surface area contributed by atoms with E-state index >= 15 is 0 Å². The number of carbonyl (C=O) groups excluding carboxylic acids is 1. The van der Waals surface area contributed by atoms with E-state index in [0.717, 1.165) is 12.1 Å². The van der Waals surface area contributed by atoms with Crippen LogP contribution < -0.4 is 5.11 Å². The Hall–Kier alpha value is -1.33. The molecule has 1 rings (SSSR count). The van der Waals surface area contributed by atoms with Crippen LogP contribution in [-0.2, 0) is 11.2 Å². The molecule has 0 fully saturated rings. The molecule has 5 nitrogen and oxygen atoms in total. The van der Waals surface area contributed by atoms with Crippen LogP contribution in [-0.4, -0.2) is 10.9 Å². The predicted molar refractivity (Wildman–Crippen MR) is 51.8 cm³/mol. The first-order chi connectivity index (χ1) is 6.91. The predicted octanol–water partition coefficient (Wildman–Crippen LogP) is 1.19. The van der Waals surface area contributed by atoms with Gasteiger partial charge < -0.3 is 9.90 Å². The van der Waals surface area contributed by atoms with Gasteiger partial charge in [-0.1, -0.05) is 23.2 Å². The lowest BCUT2D eigenvalue weighted by molar-refractivity contribution is -0.385. The highest BCUT2D eigenvalue weighted by Crippen LogP contribution is 2.30. The van der Waals surface area contributed by atoms with E-state index in [9.17, 15) is 20.0 Å². The molecule has 0 amide bonds. The number of halogens is 2. The Morgan fingerprint density at radius 1 is 1.33 bits per heavy atom. The fourth-order valence-corrected chi connectivity index (χ4v) is 1.39. The van der Waals surface area contributed by atoms with Crippen LogP contribution in [0.5, 0.6) is 0 Å². The molecule has 0 N–H and O–H groups in total. The smallest absolute Gasteiger partial charge is 0.274 e. The highest BCUT2D eigenvalue weighted by atomic mass is 35.5. The van der Waals surface area contributed by atoms with Crippen molar-refractivity contribution in [2.45, 2.75) is 6.42 Å². The minimum absolute atomic E-state index is 0.00506. The van der Waals surface area contributed by atoms with Crippen LogP contribution >= 0.6 is 23.2 Å². The molecule has 0 spiro atoms. The average molecular weight is 249 g/mol. The molecule has 0 saturated heterocycles. The molecule has 0 aliphatic heterocycles.